The van der Waals surface area contributed by atoms with Crippen molar-refractivity contribution in [2.45, 2.75) is 13.8 Å². The topological polar surface area (TPSA) is 30.7 Å². The highest BCUT2D eigenvalue weighted by Crippen LogP contribution is 2.17. The van der Waals surface area contributed by atoms with Gasteiger partial charge < -0.3 is 0 Å². The number of fused-ring (bicyclic) bond motifs is 1. The van der Waals surface area contributed by atoms with Crippen LogP contribution >= 0.6 is 0 Å². The third-order valence-electron chi connectivity index (χ3n) is 3.20. The van der Waals surface area contributed by atoms with E-state index in [1.54, 1.807) is 0 Å². The average Bonchev–Trinajstić information content (AvgIpc) is 2.83. The van der Waals surface area contributed by atoms with Crippen LogP contribution in [0, 0.1) is 6.92 Å². The quantitative estimate of drug-likeness (QED) is 0.692. The van der Waals surface area contributed by atoms with Crippen LogP contribution in [0.3, 0.4) is 0 Å². The van der Waals surface area contributed by atoms with Gasteiger partial charge in [0.1, 0.15) is 5.52 Å². The lowest BCUT2D eigenvalue weighted by Crippen LogP contribution is -1.91. The normalized spacial score (nSPS) is 12.0. The van der Waals surface area contributed by atoms with Crippen LogP contribution in [0.4, 0.5) is 0 Å². The Labute approximate surface area is 112 Å². The van der Waals surface area contributed by atoms with Gasteiger partial charge in [0.15, 0.2) is 0 Å². The molecule has 3 rings (SSSR count). The average molecular weight is 249 g/mol. The maximum atomic E-state index is 4.17. The summed E-state index contributed by atoms with van der Waals surface area (Å²) in [7, 11) is 0. The largest absolute Gasteiger partial charge is 0.220 e. The number of hydrogen-bond donors (Lipinski definition) is 0. The van der Waals surface area contributed by atoms with Gasteiger partial charge in [-0.2, -0.15) is 0 Å². The molecule has 1 heterocycles. The fourth-order valence-corrected chi connectivity index (χ4v) is 2.06. The minimum atomic E-state index is 0.912. The van der Waals surface area contributed by atoms with Gasteiger partial charge in [-0.05, 0) is 37.1 Å². The first kappa shape index (κ1) is 11.7. The molecular formula is C16H15N3. The van der Waals surface area contributed by atoms with Crippen molar-refractivity contribution >= 4 is 22.8 Å². The Hall–Kier alpha value is -2.42. The molecule has 0 N–H and O–H groups in total. The maximum absolute atomic E-state index is 4.17. The standard InChI is InChI=1S/C16H15N3/c1-12-7-9-14(10-8-12)13(2)11-19-16-6-4-3-5-15(16)17-18-19/h3-11H,1-2H3. The highest BCUT2D eigenvalue weighted by atomic mass is 15.4. The summed E-state index contributed by atoms with van der Waals surface area (Å²) in [5.74, 6) is 0. The van der Waals surface area contributed by atoms with Crippen LogP contribution < -0.4 is 0 Å². The van der Waals surface area contributed by atoms with Crippen LogP contribution in [0.25, 0.3) is 22.8 Å². The molecule has 0 radical (unpaired) electrons. The number of para-hydroxylation sites is 1. The van der Waals surface area contributed by atoms with E-state index in [1.807, 2.05) is 35.1 Å². The van der Waals surface area contributed by atoms with Crippen LogP contribution in [0.5, 0.6) is 0 Å². The van der Waals surface area contributed by atoms with Crippen LogP contribution in [0.15, 0.2) is 48.5 Å². The van der Waals surface area contributed by atoms with E-state index in [2.05, 4.69) is 48.4 Å². The van der Waals surface area contributed by atoms with Gasteiger partial charge in [-0.1, -0.05) is 47.2 Å². The zero-order valence-electron chi connectivity index (χ0n) is 11.0. The molecular weight excluding hydrogens is 234 g/mol. The molecule has 0 saturated heterocycles. The molecule has 0 fully saturated rings. The van der Waals surface area contributed by atoms with Gasteiger partial charge in [-0.25, -0.2) is 4.68 Å². The van der Waals surface area contributed by atoms with Gasteiger partial charge in [0.25, 0.3) is 0 Å². The van der Waals surface area contributed by atoms with Crippen molar-refractivity contribution in [3.05, 3.63) is 59.7 Å². The molecule has 3 aromatic rings. The fourth-order valence-electron chi connectivity index (χ4n) is 2.06. The second-order valence-electron chi connectivity index (χ2n) is 4.70. The number of aromatic nitrogens is 3. The molecule has 0 atom stereocenters. The molecule has 3 nitrogen and oxygen atoms in total. The summed E-state index contributed by atoms with van der Waals surface area (Å²) in [6.07, 6.45) is 2.01. The number of hydrogen-bond acceptors (Lipinski definition) is 2. The lowest BCUT2D eigenvalue weighted by molar-refractivity contribution is 0.861. The van der Waals surface area contributed by atoms with E-state index >= 15 is 0 Å². The summed E-state index contributed by atoms with van der Waals surface area (Å²) in [6.45, 7) is 4.18. The summed E-state index contributed by atoms with van der Waals surface area (Å²) in [5, 5.41) is 8.32. The van der Waals surface area contributed by atoms with E-state index < -0.39 is 0 Å². The van der Waals surface area contributed by atoms with E-state index in [-0.39, 0.29) is 0 Å². The van der Waals surface area contributed by atoms with Gasteiger partial charge in [0.05, 0.1) is 5.52 Å². The Balaban J connectivity index is 2.03. The van der Waals surface area contributed by atoms with E-state index in [1.165, 1.54) is 11.1 Å². The second-order valence-corrected chi connectivity index (χ2v) is 4.70. The van der Waals surface area contributed by atoms with E-state index in [4.69, 9.17) is 0 Å². The van der Waals surface area contributed by atoms with Gasteiger partial charge >= 0.3 is 0 Å². The monoisotopic (exact) mass is 249 g/mol. The smallest absolute Gasteiger partial charge is 0.113 e. The lowest BCUT2D eigenvalue weighted by atomic mass is 10.1. The minimum absolute atomic E-state index is 0.912. The Morgan fingerprint density at radius 1 is 1.05 bits per heavy atom. The molecule has 0 aliphatic rings. The Morgan fingerprint density at radius 2 is 1.79 bits per heavy atom. The maximum Gasteiger partial charge on any atom is 0.113 e. The van der Waals surface area contributed by atoms with Crippen LogP contribution in [0.1, 0.15) is 18.1 Å². The number of rotatable bonds is 2. The van der Waals surface area contributed by atoms with Gasteiger partial charge in [0, 0.05) is 6.20 Å². The van der Waals surface area contributed by atoms with Crippen molar-refractivity contribution in [3.8, 4) is 0 Å². The van der Waals surface area contributed by atoms with E-state index in [9.17, 15) is 0 Å². The van der Waals surface area contributed by atoms with Crippen molar-refractivity contribution < 1.29 is 0 Å². The molecule has 0 aliphatic carbocycles. The molecule has 0 saturated carbocycles. The molecule has 94 valence electrons. The molecule has 0 aliphatic heterocycles. The second kappa shape index (κ2) is 4.69. The van der Waals surface area contributed by atoms with Crippen LogP contribution in [0.2, 0.25) is 0 Å². The van der Waals surface area contributed by atoms with Crippen molar-refractivity contribution in [2.75, 3.05) is 0 Å². The zero-order chi connectivity index (χ0) is 13.2. The van der Waals surface area contributed by atoms with Crippen LogP contribution in [-0.4, -0.2) is 15.0 Å². The number of allylic oxidation sites excluding steroid dienone is 1. The minimum Gasteiger partial charge on any atom is -0.220 e. The summed E-state index contributed by atoms with van der Waals surface area (Å²) >= 11 is 0. The Morgan fingerprint density at radius 3 is 2.58 bits per heavy atom. The summed E-state index contributed by atoms with van der Waals surface area (Å²) in [6, 6.07) is 16.4. The highest BCUT2D eigenvalue weighted by Gasteiger charge is 2.02. The third kappa shape index (κ3) is 2.27. The molecule has 2 aromatic carbocycles. The Kier molecular flexibility index (Phi) is 2.88. The summed E-state index contributed by atoms with van der Waals surface area (Å²) in [4.78, 5) is 0. The first-order valence-corrected chi connectivity index (χ1v) is 6.29. The summed E-state index contributed by atoms with van der Waals surface area (Å²) in [5.41, 5.74) is 5.56. The predicted molar refractivity (Wildman–Crippen MR) is 78.5 cm³/mol. The molecule has 0 bridgehead atoms. The van der Waals surface area contributed by atoms with Crippen molar-refractivity contribution in [2.24, 2.45) is 0 Å². The van der Waals surface area contributed by atoms with Crippen molar-refractivity contribution in [1.82, 2.24) is 15.0 Å². The molecule has 0 spiro atoms. The van der Waals surface area contributed by atoms with E-state index in [0.29, 0.717) is 0 Å². The van der Waals surface area contributed by atoms with Crippen molar-refractivity contribution in [3.63, 3.8) is 0 Å². The Bertz CT molecular complexity index is 736. The number of aryl methyl sites for hydroxylation is 1. The number of benzene rings is 2. The number of nitrogens with zero attached hydrogens (tertiary/aromatic N) is 3. The first-order valence-electron chi connectivity index (χ1n) is 6.29. The fraction of sp³-hybridized carbons (Fsp3) is 0.125. The molecule has 1 aromatic heterocycles. The molecule has 0 unspecified atom stereocenters. The predicted octanol–water partition coefficient (Wildman–Crippen LogP) is 3.76. The zero-order valence-corrected chi connectivity index (χ0v) is 11.0. The SMILES string of the molecule is CC(=Cn1nnc2ccccc21)c1ccc(C)cc1. The lowest BCUT2D eigenvalue weighted by Gasteiger charge is -2.02. The van der Waals surface area contributed by atoms with Gasteiger partial charge in [-0.15, -0.1) is 5.10 Å². The summed E-state index contributed by atoms with van der Waals surface area (Å²) < 4.78 is 1.82. The third-order valence-corrected chi connectivity index (χ3v) is 3.20. The highest BCUT2D eigenvalue weighted by molar-refractivity contribution is 5.81. The van der Waals surface area contributed by atoms with Crippen molar-refractivity contribution in [1.29, 1.82) is 0 Å². The molecule has 3 heteroatoms. The first-order chi connectivity index (χ1) is 9.24. The molecule has 0 amide bonds. The van der Waals surface area contributed by atoms with Gasteiger partial charge in [0.2, 0.25) is 0 Å². The molecule has 19 heavy (non-hydrogen) atoms. The van der Waals surface area contributed by atoms with Crippen LogP contribution in [-0.2, 0) is 0 Å². The van der Waals surface area contributed by atoms with Gasteiger partial charge in [-0.3, -0.25) is 0 Å². The van der Waals surface area contributed by atoms with E-state index in [0.717, 1.165) is 16.6 Å².